The summed E-state index contributed by atoms with van der Waals surface area (Å²) >= 11 is 0. The molecule has 2 N–H and O–H groups in total. The SMILES string of the molecule is CC(=O)Nc1ccc(C(=O)NCC(C)(C)N2CCOCC2)cc1. The van der Waals surface area contributed by atoms with Gasteiger partial charge in [-0.15, -0.1) is 0 Å². The lowest BCUT2D eigenvalue weighted by Crippen LogP contribution is -2.55. The normalized spacial score (nSPS) is 16.0. The van der Waals surface area contributed by atoms with Gasteiger partial charge in [0.2, 0.25) is 5.91 Å². The van der Waals surface area contributed by atoms with Crippen molar-refractivity contribution in [2.45, 2.75) is 26.3 Å². The van der Waals surface area contributed by atoms with E-state index in [1.807, 2.05) is 0 Å². The van der Waals surface area contributed by atoms with Gasteiger partial charge in [0.25, 0.3) is 5.91 Å². The van der Waals surface area contributed by atoms with Crippen molar-refractivity contribution in [3.05, 3.63) is 29.8 Å². The zero-order chi connectivity index (χ0) is 16.9. The van der Waals surface area contributed by atoms with Crippen molar-refractivity contribution < 1.29 is 14.3 Å². The molecule has 0 aliphatic carbocycles. The van der Waals surface area contributed by atoms with Crippen molar-refractivity contribution in [3.63, 3.8) is 0 Å². The quantitative estimate of drug-likeness (QED) is 0.862. The predicted molar refractivity (Wildman–Crippen MR) is 89.5 cm³/mol. The highest BCUT2D eigenvalue weighted by Crippen LogP contribution is 2.16. The van der Waals surface area contributed by atoms with Crippen LogP contribution in [0.15, 0.2) is 24.3 Å². The summed E-state index contributed by atoms with van der Waals surface area (Å²) in [6.07, 6.45) is 0. The van der Waals surface area contributed by atoms with E-state index in [9.17, 15) is 9.59 Å². The Morgan fingerprint density at radius 2 is 1.78 bits per heavy atom. The second kappa shape index (κ2) is 7.57. The number of amides is 2. The molecule has 1 heterocycles. The number of carbonyl (C=O) groups excluding carboxylic acids is 2. The number of carbonyl (C=O) groups is 2. The van der Waals surface area contributed by atoms with Gasteiger partial charge in [0, 0.05) is 43.3 Å². The first-order valence-electron chi connectivity index (χ1n) is 7.87. The molecule has 1 saturated heterocycles. The number of anilines is 1. The van der Waals surface area contributed by atoms with Crippen LogP contribution in [0.3, 0.4) is 0 Å². The van der Waals surface area contributed by atoms with Crippen molar-refractivity contribution >= 4 is 17.5 Å². The third-order valence-electron chi connectivity index (χ3n) is 4.02. The fraction of sp³-hybridized carbons (Fsp3) is 0.529. The predicted octanol–water partition coefficient (Wildman–Crippen LogP) is 1.49. The van der Waals surface area contributed by atoms with E-state index in [0.717, 1.165) is 26.3 Å². The minimum atomic E-state index is -0.130. The molecule has 0 saturated carbocycles. The van der Waals surface area contributed by atoms with Crippen molar-refractivity contribution in [3.8, 4) is 0 Å². The van der Waals surface area contributed by atoms with Gasteiger partial charge in [-0.1, -0.05) is 0 Å². The molecule has 1 fully saturated rings. The van der Waals surface area contributed by atoms with E-state index in [1.165, 1.54) is 6.92 Å². The maximum absolute atomic E-state index is 12.3. The van der Waals surface area contributed by atoms with Crippen LogP contribution < -0.4 is 10.6 Å². The van der Waals surface area contributed by atoms with Crippen molar-refractivity contribution in [2.75, 3.05) is 38.2 Å². The Kier molecular flexibility index (Phi) is 5.74. The molecular weight excluding hydrogens is 294 g/mol. The van der Waals surface area contributed by atoms with Crippen LogP contribution >= 0.6 is 0 Å². The summed E-state index contributed by atoms with van der Waals surface area (Å²) in [7, 11) is 0. The Morgan fingerprint density at radius 3 is 2.35 bits per heavy atom. The first-order chi connectivity index (χ1) is 10.9. The molecule has 6 nitrogen and oxygen atoms in total. The van der Waals surface area contributed by atoms with Crippen LogP contribution in [0.2, 0.25) is 0 Å². The third-order valence-corrected chi connectivity index (χ3v) is 4.02. The average Bonchev–Trinajstić information content (AvgIpc) is 2.54. The molecule has 0 spiro atoms. The third kappa shape index (κ3) is 5.04. The molecule has 1 aliphatic heterocycles. The molecule has 0 aromatic heterocycles. The van der Waals surface area contributed by atoms with E-state index < -0.39 is 0 Å². The van der Waals surface area contributed by atoms with E-state index in [1.54, 1.807) is 24.3 Å². The van der Waals surface area contributed by atoms with Crippen LogP contribution in [-0.4, -0.2) is 55.1 Å². The van der Waals surface area contributed by atoms with Gasteiger partial charge in [-0.2, -0.15) is 0 Å². The number of nitrogens with zero attached hydrogens (tertiary/aromatic N) is 1. The minimum Gasteiger partial charge on any atom is -0.379 e. The van der Waals surface area contributed by atoms with Crippen LogP contribution in [0.4, 0.5) is 5.69 Å². The highest BCUT2D eigenvalue weighted by molar-refractivity contribution is 5.95. The van der Waals surface area contributed by atoms with Gasteiger partial charge < -0.3 is 15.4 Å². The van der Waals surface area contributed by atoms with E-state index in [4.69, 9.17) is 4.74 Å². The molecule has 2 amide bonds. The number of rotatable bonds is 5. The Hall–Kier alpha value is -1.92. The molecule has 0 atom stereocenters. The molecule has 0 bridgehead atoms. The zero-order valence-electron chi connectivity index (χ0n) is 14.0. The van der Waals surface area contributed by atoms with E-state index in [2.05, 4.69) is 29.4 Å². The summed E-state index contributed by atoms with van der Waals surface area (Å²) in [4.78, 5) is 25.6. The molecule has 2 rings (SSSR count). The Labute approximate surface area is 137 Å². The van der Waals surface area contributed by atoms with E-state index in [-0.39, 0.29) is 17.4 Å². The van der Waals surface area contributed by atoms with Crippen LogP contribution in [-0.2, 0) is 9.53 Å². The number of hydrogen-bond acceptors (Lipinski definition) is 4. The Morgan fingerprint density at radius 1 is 1.17 bits per heavy atom. The fourth-order valence-electron chi connectivity index (χ4n) is 2.59. The minimum absolute atomic E-state index is 0.110. The van der Waals surface area contributed by atoms with Crippen molar-refractivity contribution in [1.29, 1.82) is 0 Å². The molecule has 1 aromatic carbocycles. The Bertz CT molecular complexity index is 549. The highest BCUT2D eigenvalue weighted by atomic mass is 16.5. The van der Waals surface area contributed by atoms with Gasteiger partial charge in [-0.05, 0) is 38.1 Å². The van der Waals surface area contributed by atoms with Crippen LogP contribution in [0.5, 0.6) is 0 Å². The van der Waals surface area contributed by atoms with Crippen LogP contribution in [0.25, 0.3) is 0 Å². The van der Waals surface area contributed by atoms with E-state index >= 15 is 0 Å². The van der Waals surface area contributed by atoms with Crippen molar-refractivity contribution in [1.82, 2.24) is 10.2 Å². The molecule has 23 heavy (non-hydrogen) atoms. The second-order valence-electron chi connectivity index (χ2n) is 6.35. The summed E-state index contributed by atoms with van der Waals surface area (Å²) in [5.41, 5.74) is 1.15. The number of benzene rings is 1. The lowest BCUT2D eigenvalue weighted by Gasteiger charge is -2.40. The van der Waals surface area contributed by atoms with E-state index in [0.29, 0.717) is 17.8 Å². The second-order valence-corrected chi connectivity index (χ2v) is 6.35. The number of nitrogens with one attached hydrogen (secondary N) is 2. The number of ether oxygens (including phenoxy) is 1. The summed E-state index contributed by atoms with van der Waals surface area (Å²) in [5.74, 6) is -0.241. The van der Waals surface area contributed by atoms with Crippen LogP contribution in [0.1, 0.15) is 31.1 Å². The van der Waals surface area contributed by atoms with Gasteiger partial charge in [0.05, 0.1) is 13.2 Å². The van der Waals surface area contributed by atoms with Gasteiger partial charge in [0.1, 0.15) is 0 Å². The fourth-order valence-corrected chi connectivity index (χ4v) is 2.59. The lowest BCUT2D eigenvalue weighted by atomic mass is 10.0. The summed E-state index contributed by atoms with van der Waals surface area (Å²) in [6.45, 7) is 9.51. The van der Waals surface area contributed by atoms with Crippen molar-refractivity contribution in [2.24, 2.45) is 0 Å². The van der Waals surface area contributed by atoms with Gasteiger partial charge in [-0.25, -0.2) is 0 Å². The average molecular weight is 319 g/mol. The first kappa shape index (κ1) is 17.4. The maximum Gasteiger partial charge on any atom is 0.251 e. The topological polar surface area (TPSA) is 70.7 Å². The first-order valence-corrected chi connectivity index (χ1v) is 7.87. The maximum atomic E-state index is 12.3. The monoisotopic (exact) mass is 319 g/mol. The zero-order valence-corrected chi connectivity index (χ0v) is 14.0. The Balaban J connectivity index is 1.89. The molecule has 1 aliphatic rings. The highest BCUT2D eigenvalue weighted by Gasteiger charge is 2.28. The molecule has 0 radical (unpaired) electrons. The molecule has 126 valence electrons. The lowest BCUT2D eigenvalue weighted by molar-refractivity contribution is -0.114. The smallest absolute Gasteiger partial charge is 0.251 e. The molecule has 1 aromatic rings. The van der Waals surface area contributed by atoms with Gasteiger partial charge >= 0.3 is 0 Å². The standard InChI is InChI=1S/C17H25N3O3/c1-13(21)19-15-6-4-14(5-7-15)16(22)18-12-17(2,3)20-8-10-23-11-9-20/h4-7H,8-12H2,1-3H3,(H,18,22)(H,19,21). The van der Waals surface area contributed by atoms with Gasteiger partial charge in [0.15, 0.2) is 0 Å². The largest absolute Gasteiger partial charge is 0.379 e. The summed E-state index contributed by atoms with van der Waals surface area (Å²) in [6, 6.07) is 6.87. The number of morpholine rings is 1. The molecule has 6 heteroatoms. The molecular formula is C17H25N3O3. The summed E-state index contributed by atoms with van der Waals surface area (Å²) < 4.78 is 5.37. The molecule has 0 unspecified atom stereocenters. The van der Waals surface area contributed by atoms with Crippen LogP contribution in [0, 0.1) is 0 Å². The summed E-state index contributed by atoms with van der Waals surface area (Å²) in [5, 5.41) is 5.67. The number of hydrogen-bond donors (Lipinski definition) is 2. The van der Waals surface area contributed by atoms with Gasteiger partial charge in [-0.3, -0.25) is 14.5 Å².